The van der Waals surface area contributed by atoms with Crippen molar-refractivity contribution in [3.63, 3.8) is 0 Å². The molecule has 0 N–H and O–H groups in total. The van der Waals surface area contributed by atoms with E-state index in [0.717, 1.165) is 61.9 Å². The second-order valence-corrected chi connectivity index (χ2v) is 10.9. The van der Waals surface area contributed by atoms with E-state index in [1.165, 1.54) is 29.5 Å². The predicted molar refractivity (Wildman–Crippen MR) is 156 cm³/mol. The lowest BCUT2D eigenvalue weighted by atomic mass is 9.88. The quantitative estimate of drug-likeness (QED) is 0.370. The summed E-state index contributed by atoms with van der Waals surface area (Å²) in [5.74, 6) is 3.65. The van der Waals surface area contributed by atoms with E-state index in [0.29, 0.717) is 5.92 Å². The molecule has 3 aromatic rings. The molecule has 6 heteroatoms. The molecule has 2 heterocycles. The van der Waals surface area contributed by atoms with Crippen LogP contribution in [0.2, 0.25) is 0 Å². The Morgan fingerprint density at radius 3 is 2.32 bits per heavy atom. The predicted octanol–water partition coefficient (Wildman–Crippen LogP) is 6.10. The normalized spacial score (nSPS) is 16.9. The SMILES string of the molecule is CC.COc1ccccc1C1CCN(c2nc(C3(C)CC3)nc3ccc(N(C)CCN(C)C)cc23)CC1. The number of likely N-dealkylation sites (N-methyl/N-ethyl adjacent to an activating group) is 2. The largest absolute Gasteiger partial charge is 0.496 e. The highest BCUT2D eigenvalue weighted by Crippen LogP contribution is 2.47. The fourth-order valence-corrected chi connectivity index (χ4v) is 5.14. The lowest BCUT2D eigenvalue weighted by molar-refractivity contribution is 0.397. The van der Waals surface area contributed by atoms with Crippen LogP contribution in [0.4, 0.5) is 11.5 Å². The molecule has 5 rings (SSSR count). The number of rotatable bonds is 8. The molecule has 2 aliphatic rings. The van der Waals surface area contributed by atoms with Crippen molar-refractivity contribution in [1.82, 2.24) is 14.9 Å². The van der Waals surface area contributed by atoms with Crippen molar-refractivity contribution in [1.29, 1.82) is 0 Å². The van der Waals surface area contributed by atoms with Crippen molar-refractivity contribution >= 4 is 22.4 Å². The fourth-order valence-electron chi connectivity index (χ4n) is 5.14. The summed E-state index contributed by atoms with van der Waals surface area (Å²) in [6, 6.07) is 15.2. The van der Waals surface area contributed by atoms with Crippen LogP contribution in [-0.2, 0) is 5.41 Å². The average Bonchev–Trinajstić information content (AvgIpc) is 3.70. The summed E-state index contributed by atoms with van der Waals surface area (Å²) < 4.78 is 5.66. The highest BCUT2D eigenvalue weighted by atomic mass is 16.5. The maximum absolute atomic E-state index is 5.66. The van der Waals surface area contributed by atoms with E-state index in [2.05, 4.69) is 85.2 Å². The molecule has 0 unspecified atom stereocenters. The molecule has 0 spiro atoms. The van der Waals surface area contributed by atoms with Gasteiger partial charge in [0.1, 0.15) is 17.4 Å². The van der Waals surface area contributed by atoms with E-state index >= 15 is 0 Å². The van der Waals surface area contributed by atoms with Gasteiger partial charge in [-0.05, 0) is 75.5 Å². The summed E-state index contributed by atoms with van der Waals surface area (Å²) >= 11 is 0. The van der Waals surface area contributed by atoms with Crippen LogP contribution >= 0.6 is 0 Å². The van der Waals surface area contributed by atoms with Gasteiger partial charge < -0.3 is 19.4 Å². The standard InChI is InChI=1S/C29H39N5O.C2H6/c1-29(14-15-29)28-30-25-11-10-22(33(4)19-18-32(2)3)20-24(25)27(31-28)34-16-12-21(13-17-34)23-8-6-7-9-26(23)35-5;1-2/h6-11,20-21H,12-19H2,1-5H3;1-2H3. The van der Waals surface area contributed by atoms with Crippen molar-refractivity contribution < 1.29 is 4.74 Å². The van der Waals surface area contributed by atoms with E-state index in [1.54, 1.807) is 7.11 Å². The maximum atomic E-state index is 5.66. The van der Waals surface area contributed by atoms with E-state index in [4.69, 9.17) is 14.7 Å². The second kappa shape index (κ2) is 11.7. The number of piperidine rings is 1. The van der Waals surface area contributed by atoms with Crippen LogP contribution in [0.25, 0.3) is 10.9 Å². The van der Waals surface area contributed by atoms with Crippen LogP contribution in [0, 0.1) is 0 Å². The van der Waals surface area contributed by atoms with E-state index in [1.807, 2.05) is 13.8 Å². The molecule has 6 nitrogen and oxygen atoms in total. The van der Waals surface area contributed by atoms with Gasteiger partial charge in [0, 0.05) is 49.7 Å². The number of benzene rings is 2. The molecule has 1 aromatic heterocycles. The van der Waals surface area contributed by atoms with Crippen LogP contribution in [-0.4, -0.2) is 69.3 Å². The number of para-hydroxylation sites is 1. The fraction of sp³-hybridized carbons (Fsp3) is 0.548. The Balaban J connectivity index is 0.00000156. The summed E-state index contributed by atoms with van der Waals surface area (Å²) in [6.45, 7) is 10.3. The molecule has 2 aromatic carbocycles. The number of aromatic nitrogens is 2. The third-order valence-electron chi connectivity index (χ3n) is 7.90. The van der Waals surface area contributed by atoms with Gasteiger partial charge in [0.15, 0.2) is 0 Å². The van der Waals surface area contributed by atoms with Gasteiger partial charge in [0.2, 0.25) is 0 Å². The molecule has 0 bridgehead atoms. The van der Waals surface area contributed by atoms with Gasteiger partial charge in [-0.2, -0.15) is 0 Å². The topological polar surface area (TPSA) is 44.7 Å². The second-order valence-electron chi connectivity index (χ2n) is 10.9. The van der Waals surface area contributed by atoms with Gasteiger partial charge in [-0.15, -0.1) is 0 Å². The minimum Gasteiger partial charge on any atom is -0.496 e. The van der Waals surface area contributed by atoms with Crippen LogP contribution in [0.1, 0.15) is 63.8 Å². The molecular weight excluding hydrogens is 458 g/mol. The van der Waals surface area contributed by atoms with Crippen molar-refractivity contribution in [2.45, 2.75) is 57.8 Å². The van der Waals surface area contributed by atoms with Gasteiger partial charge in [0.25, 0.3) is 0 Å². The molecule has 1 aliphatic heterocycles. The number of hydrogen-bond acceptors (Lipinski definition) is 6. The van der Waals surface area contributed by atoms with Crippen LogP contribution < -0.4 is 14.5 Å². The Hall–Kier alpha value is -2.86. The molecule has 0 atom stereocenters. The van der Waals surface area contributed by atoms with Crippen LogP contribution in [0.5, 0.6) is 5.75 Å². The first kappa shape index (κ1) is 27.2. The highest BCUT2D eigenvalue weighted by molar-refractivity contribution is 5.92. The van der Waals surface area contributed by atoms with Gasteiger partial charge in [0.05, 0.1) is 12.6 Å². The number of nitrogens with zero attached hydrogens (tertiary/aromatic N) is 5. The van der Waals surface area contributed by atoms with Gasteiger partial charge in [-0.1, -0.05) is 39.0 Å². The molecule has 1 aliphatic carbocycles. The molecule has 1 saturated carbocycles. The Kier molecular flexibility index (Phi) is 8.58. The average molecular weight is 504 g/mol. The van der Waals surface area contributed by atoms with E-state index in [9.17, 15) is 0 Å². The lowest BCUT2D eigenvalue weighted by Crippen LogP contribution is -2.34. The molecule has 0 amide bonds. The van der Waals surface area contributed by atoms with Crippen molar-refractivity contribution in [2.24, 2.45) is 0 Å². The Morgan fingerprint density at radius 2 is 1.68 bits per heavy atom. The first-order chi connectivity index (χ1) is 17.9. The smallest absolute Gasteiger partial charge is 0.140 e. The van der Waals surface area contributed by atoms with Crippen molar-refractivity contribution in [2.75, 3.05) is 64.2 Å². The number of ether oxygens (including phenoxy) is 1. The Morgan fingerprint density at radius 1 is 0.973 bits per heavy atom. The molecule has 2 fully saturated rings. The maximum Gasteiger partial charge on any atom is 0.140 e. The van der Waals surface area contributed by atoms with Crippen molar-refractivity contribution in [3.8, 4) is 5.75 Å². The Labute approximate surface area is 223 Å². The molecule has 37 heavy (non-hydrogen) atoms. The van der Waals surface area contributed by atoms with Gasteiger partial charge >= 0.3 is 0 Å². The summed E-state index contributed by atoms with van der Waals surface area (Å²) in [7, 11) is 8.18. The first-order valence-electron chi connectivity index (χ1n) is 13.9. The lowest BCUT2D eigenvalue weighted by Gasteiger charge is -2.34. The number of fused-ring (bicyclic) bond motifs is 1. The summed E-state index contributed by atoms with van der Waals surface area (Å²) in [5.41, 5.74) is 3.76. The zero-order valence-corrected chi connectivity index (χ0v) is 23.9. The zero-order chi connectivity index (χ0) is 26.6. The highest BCUT2D eigenvalue weighted by Gasteiger charge is 2.42. The monoisotopic (exact) mass is 503 g/mol. The van der Waals surface area contributed by atoms with Crippen LogP contribution in [0.15, 0.2) is 42.5 Å². The minimum absolute atomic E-state index is 0.139. The van der Waals surface area contributed by atoms with Crippen LogP contribution in [0.3, 0.4) is 0 Å². The molecule has 200 valence electrons. The number of methoxy groups -OCH3 is 1. The summed E-state index contributed by atoms with van der Waals surface area (Å²) in [6.07, 6.45) is 4.56. The molecule has 1 saturated heterocycles. The summed E-state index contributed by atoms with van der Waals surface area (Å²) in [5, 5.41) is 1.17. The third kappa shape index (κ3) is 6.01. The minimum atomic E-state index is 0.139. The molecular formula is C31H45N5O. The Bertz CT molecular complexity index is 1180. The van der Waals surface area contributed by atoms with Gasteiger partial charge in [-0.3, -0.25) is 0 Å². The first-order valence-corrected chi connectivity index (χ1v) is 13.9. The number of hydrogen-bond donors (Lipinski definition) is 0. The van der Waals surface area contributed by atoms with E-state index in [-0.39, 0.29) is 5.41 Å². The summed E-state index contributed by atoms with van der Waals surface area (Å²) in [4.78, 5) is 17.3. The zero-order valence-electron chi connectivity index (χ0n) is 23.9. The number of anilines is 2. The molecule has 0 radical (unpaired) electrons. The van der Waals surface area contributed by atoms with Crippen molar-refractivity contribution in [3.05, 3.63) is 53.9 Å². The van der Waals surface area contributed by atoms with Gasteiger partial charge in [-0.25, -0.2) is 9.97 Å². The van der Waals surface area contributed by atoms with E-state index < -0.39 is 0 Å². The third-order valence-corrected chi connectivity index (χ3v) is 7.90.